The van der Waals surface area contributed by atoms with Gasteiger partial charge in [-0.05, 0) is 45.0 Å². The van der Waals surface area contributed by atoms with Crippen LogP contribution in [0.5, 0.6) is 5.75 Å². The van der Waals surface area contributed by atoms with Crippen LogP contribution in [0.2, 0.25) is 0 Å². The Labute approximate surface area is 238 Å². The first kappa shape index (κ1) is 29.4. The Bertz CT molecular complexity index is 1370. The number of hydrogen-bond acceptors (Lipinski definition) is 7. The molecule has 41 heavy (non-hydrogen) atoms. The molecule has 4 N–H and O–H groups in total. The van der Waals surface area contributed by atoms with Crippen molar-refractivity contribution in [2.75, 3.05) is 42.7 Å². The number of aliphatic hydroxyl groups excluding tert-OH is 1. The fourth-order valence-electron chi connectivity index (χ4n) is 4.58. The first-order valence-corrected chi connectivity index (χ1v) is 13.4. The number of nitrogens with one attached hydrogen (secondary N) is 3. The van der Waals surface area contributed by atoms with Crippen LogP contribution in [0.25, 0.3) is 0 Å². The van der Waals surface area contributed by atoms with Crippen LogP contribution in [0.4, 0.5) is 26.7 Å². The van der Waals surface area contributed by atoms with E-state index < -0.39 is 18.2 Å². The lowest BCUT2D eigenvalue weighted by atomic mass is 9.99. The highest BCUT2D eigenvalue weighted by molar-refractivity contribution is 6.04. The SMILES string of the molecule is Cc1noc(C)c1NC(=O)N(C)C[C@@H]1Oc2c(NC(=O)Nc3ccccc3)cccc2C(=O)N([C@@H](C)CO)C[C@H]1C. The summed E-state index contributed by atoms with van der Waals surface area (Å²) in [6.07, 6.45) is -0.573. The van der Waals surface area contributed by atoms with E-state index in [0.29, 0.717) is 28.5 Å². The second-order valence-electron chi connectivity index (χ2n) is 10.3. The zero-order chi connectivity index (χ0) is 29.7. The first-order chi connectivity index (χ1) is 19.6. The maximum atomic E-state index is 13.7. The monoisotopic (exact) mass is 564 g/mol. The molecule has 0 saturated heterocycles. The Kier molecular flexibility index (Phi) is 9.13. The van der Waals surface area contributed by atoms with Gasteiger partial charge < -0.3 is 40.1 Å². The minimum absolute atomic E-state index is 0.163. The first-order valence-electron chi connectivity index (χ1n) is 13.4. The van der Waals surface area contributed by atoms with Crippen LogP contribution >= 0.6 is 0 Å². The van der Waals surface area contributed by atoms with Gasteiger partial charge in [-0.15, -0.1) is 0 Å². The van der Waals surface area contributed by atoms with E-state index in [9.17, 15) is 19.5 Å². The highest BCUT2D eigenvalue weighted by Crippen LogP contribution is 2.35. The molecule has 1 aromatic heterocycles. The van der Waals surface area contributed by atoms with Gasteiger partial charge in [-0.25, -0.2) is 9.59 Å². The topological polar surface area (TPSA) is 149 Å². The molecule has 0 fully saturated rings. The molecule has 4 rings (SSSR count). The van der Waals surface area contributed by atoms with Gasteiger partial charge in [-0.2, -0.15) is 0 Å². The maximum Gasteiger partial charge on any atom is 0.323 e. The van der Waals surface area contributed by atoms with Crippen molar-refractivity contribution in [3.63, 3.8) is 0 Å². The van der Waals surface area contributed by atoms with Crippen molar-refractivity contribution >= 4 is 35.0 Å². The minimum atomic E-state index is -0.573. The van der Waals surface area contributed by atoms with Crippen LogP contribution in [0.15, 0.2) is 53.1 Å². The van der Waals surface area contributed by atoms with E-state index >= 15 is 0 Å². The largest absolute Gasteiger partial charge is 0.485 e. The molecule has 2 heterocycles. The van der Waals surface area contributed by atoms with Crippen molar-refractivity contribution in [1.29, 1.82) is 0 Å². The number of carbonyl (C=O) groups excluding carboxylic acids is 3. The summed E-state index contributed by atoms with van der Waals surface area (Å²) < 4.78 is 11.6. The van der Waals surface area contributed by atoms with E-state index in [1.807, 2.05) is 13.0 Å². The number of benzene rings is 2. The van der Waals surface area contributed by atoms with Crippen LogP contribution < -0.4 is 20.7 Å². The van der Waals surface area contributed by atoms with Crippen LogP contribution in [0, 0.1) is 19.8 Å². The number of rotatable bonds is 7. The van der Waals surface area contributed by atoms with Crippen LogP contribution in [0.1, 0.15) is 35.7 Å². The van der Waals surface area contributed by atoms with Crippen LogP contribution in [-0.2, 0) is 0 Å². The summed E-state index contributed by atoms with van der Waals surface area (Å²) in [5.41, 5.74) is 2.19. The second kappa shape index (κ2) is 12.7. The Balaban J connectivity index is 1.63. The molecule has 12 heteroatoms. The lowest BCUT2D eigenvalue weighted by Gasteiger charge is -2.38. The molecule has 218 valence electrons. The van der Waals surface area contributed by atoms with Crippen molar-refractivity contribution in [1.82, 2.24) is 15.0 Å². The van der Waals surface area contributed by atoms with Crippen molar-refractivity contribution in [3.05, 3.63) is 65.5 Å². The zero-order valence-corrected chi connectivity index (χ0v) is 23.8. The number of likely N-dealkylation sites (N-methyl/N-ethyl adjacent to an activating group) is 1. The Hall–Kier alpha value is -4.58. The third kappa shape index (κ3) is 6.77. The van der Waals surface area contributed by atoms with Gasteiger partial charge in [0, 0.05) is 25.2 Å². The maximum absolute atomic E-state index is 13.7. The van der Waals surface area contributed by atoms with E-state index in [4.69, 9.17) is 9.26 Å². The highest BCUT2D eigenvalue weighted by atomic mass is 16.5. The number of para-hydroxylation sites is 2. The molecule has 0 bridgehead atoms. The number of ether oxygens (including phenoxy) is 1. The summed E-state index contributed by atoms with van der Waals surface area (Å²) in [4.78, 5) is 42.7. The van der Waals surface area contributed by atoms with Gasteiger partial charge in [0.25, 0.3) is 5.91 Å². The van der Waals surface area contributed by atoms with Gasteiger partial charge in [0.15, 0.2) is 11.5 Å². The average molecular weight is 565 g/mol. The molecule has 0 aliphatic carbocycles. The molecule has 1 aliphatic heterocycles. The molecule has 3 aromatic rings. The number of fused-ring (bicyclic) bond motifs is 1. The number of urea groups is 2. The van der Waals surface area contributed by atoms with E-state index in [1.54, 1.807) is 75.2 Å². The lowest BCUT2D eigenvalue weighted by Crippen LogP contribution is -2.50. The van der Waals surface area contributed by atoms with E-state index in [1.165, 1.54) is 4.90 Å². The van der Waals surface area contributed by atoms with E-state index in [2.05, 4.69) is 21.1 Å². The van der Waals surface area contributed by atoms with Crippen molar-refractivity contribution in [3.8, 4) is 5.75 Å². The predicted octanol–water partition coefficient (Wildman–Crippen LogP) is 4.32. The fourth-order valence-corrected chi connectivity index (χ4v) is 4.58. The molecular weight excluding hydrogens is 528 g/mol. The highest BCUT2D eigenvalue weighted by Gasteiger charge is 2.35. The van der Waals surface area contributed by atoms with Crippen LogP contribution in [0.3, 0.4) is 0 Å². The summed E-state index contributed by atoms with van der Waals surface area (Å²) in [6, 6.07) is 12.5. The molecule has 0 saturated carbocycles. The third-order valence-electron chi connectivity index (χ3n) is 7.04. The summed E-state index contributed by atoms with van der Waals surface area (Å²) in [7, 11) is 1.64. The molecule has 3 atom stereocenters. The molecule has 1 aliphatic rings. The number of nitrogens with zero attached hydrogens (tertiary/aromatic N) is 3. The zero-order valence-electron chi connectivity index (χ0n) is 23.8. The number of aromatic nitrogens is 1. The van der Waals surface area contributed by atoms with Gasteiger partial charge in [0.05, 0.1) is 30.4 Å². The number of amides is 5. The second-order valence-corrected chi connectivity index (χ2v) is 10.3. The molecule has 12 nitrogen and oxygen atoms in total. The number of aryl methyl sites for hydroxylation is 2. The molecular formula is C29H36N6O6. The lowest BCUT2D eigenvalue weighted by molar-refractivity contribution is 0.0373. The Morgan fingerprint density at radius 1 is 1.12 bits per heavy atom. The summed E-state index contributed by atoms with van der Waals surface area (Å²) in [5.74, 6) is 0.0995. The number of carbonyl (C=O) groups is 3. The summed E-state index contributed by atoms with van der Waals surface area (Å²) in [6.45, 7) is 7.35. The molecule has 5 amide bonds. The smallest absolute Gasteiger partial charge is 0.323 e. The molecule has 0 unspecified atom stereocenters. The molecule has 2 aromatic carbocycles. The van der Waals surface area contributed by atoms with Crippen LogP contribution in [-0.4, -0.2) is 76.9 Å². The predicted molar refractivity (Wildman–Crippen MR) is 154 cm³/mol. The quantitative estimate of drug-likeness (QED) is 0.334. The van der Waals surface area contributed by atoms with E-state index in [-0.39, 0.29) is 48.9 Å². The Morgan fingerprint density at radius 2 is 1.85 bits per heavy atom. The summed E-state index contributed by atoms with van der Waals surface area (Å²) >= 11 is 0. The van der Waals surface area contributed by atoms with Crippen molar-refractivity contribution in [2.45, 2.75) is 39.8 Å². The Morgan fingerprint density at radius 3 is 2.51 bits per heavy atom. The van der Waals surface area contributed by atoms with Gasteiger partial charge in [0.2, 0.25) is 0 Å². The van der Waals surface area contributed by atoms with Gasteiger partial charge in [0.1, 0.15) is 17.5 Å². The third-order valence-corrected chi connectivity index (χ3v) is 7.04. The summed E-state index contributed by atoms with van der Waals surface area (Å²) in [5, 5.41) is 22.2. The standard InChI is InChI=1S/C29H36N6O6/c1-17-14-35(18(2)16-36)27(37)22-12-9-13-23(31-28(38)30-21-10-7-6-8-11-21)26(22)40-24(17)15-34(5)29(39)32-25-19(3)33-41-20(25)4/h6-13,17-18,24,36H,14-16H2,1-5H3,(H,32,39)(H2,30,31,38)/t17-,18+,24+/m1/s1. The van der Waals surface area contributed by atoms with Crippen molar-refractivity contribution < 1.29 is 28.8 Å². The molecule has 0 spiro atoms. The molecule has 0 radical (unpaired) electrons. The van der Waals surface area contributed by atoms with Gasteiger partial charge in [-0.3, -0.25) is 4.79 Å². The number of anilines is 3. The van der Waals surface area contributed by atoms with Gasteiger partial charge >= 0.3 is 12.1 Å². The fraction of sp³-hybridized carbons (Fsp3) is 0.379. The number of hydrogen-bond donors (Lipinski definition) is 4. The van der Waals surface area contributed by atoms with Gasteiger partial charge in [-0.1, -0.05) is 36.3 Å². The van der Waals surface area contributed by atoms with E-state index in [0.717, 1.165) is 0 Å². The van der Waals surface area contributed by atoms with Crippen molar-refractivity contribution in [2.24, 2.45) is 5.92 Å². The minimum Gasteiger partial charge on any atom is -0.485 e. The normalized spacial score (nSPS) is 17.4. The number of aliphatic hydroxyl groups is 1. The average Bonchev–Trinajstić information content (AvgIpc) is 3.27.